The first kappa shape index (κ1) is 14.4. The van der Waals surface area contributed by atoms with Crippen molar-refractivity contribution in [3.8, 4) is 0 Å². The number of rotatable bonds is 4. The number of aryl methyl sites for hydroxylation is 1. The van der Waals surface area contributed by atoms with Crippen molar-refractivity contribution in [2.45, 2.75) is 24.7 Å². The number of sulfone groups is 1. The molecule has 6 heteroatoms. The third kappa shape index (κ3) is 3.72. The van der Waals surface area contributed by atoms with Crippen molar-refractivity contribution in [1.82, 2.24) is 10.4 Å². The number of nitrogens with zero attached hydrogens (tertiary/aromatic N) is 1. The van der Waals surface area contributed by atoms with E-state index in [9.17, 15) is 8.42 Å². The van der Waals surface area contributed by atoms with Crippen LogP contribution in [0, 0.1) is 6.92 Å². The number of hydrogen-bond donors (Lipinski definition) is 1. The Morgan fingerprint density at radius 1 is 1.32 bits per heavy atom. The summed E-state index contributed by atoms with van der Waals surface area (Å²) in [6, 6.07) is 4.75. The molecule has 104 valence electrons. The fourth-order valence-corrected chi connectivity index (χ4v) is 3.08. The van der Waals surface area contributed by atoms with Gasteiger partial charge < -0.3 is 5.43 Å². The van der Waals surface area contributed by atoms with Gasteiger partial charge in [0.05, 0.1) is 10.3 Å². The Bertz CT molecular complexity index is 578. The van der Waals surface area contributed by atoms with Crippen LogP contribution in [0.4, 0.5) is 0 Å². The summed E-state index contributed by atoms with van der Waals surface area (Å²) >= 11 is 5.95. The van der Waals surface area contributed by atoms with Crippen LogP contribution in [0.25, 0.3) is 0 Å². The van der Waals surface area contributed by atoms with E-state index in [0.29, 0.717) is 5.02 Å². The van der Waals surface area contributed by atoms with Crippen LogP contribution in [-0.4, -0.2) is 26.5 Å². The third-order valence-corrected chi connectivity index (χ3v) is 4.89. The average Bonchev–Trinajstić information content (AvgIpc) is 2.85. The van der Waals surface area contributed by atoms with Crippen LogP contribution >= 0.6 is 11.6 Å². The minimum Gasteiger partial charge on any atom is -0.325 e. The normalized spacial score (nSPS) is 17.2. The molecule has 0 saturated carbocycles. The Morgan fingerprint density at radius 3 is 2.63 bits per heavy atom. The topological polar surface area (TPSA) is 49.4 Å². The highest BCUT2D eigenvalue weighted by atomic mass is 35.5. The van der Waals surface area contributed by atoms with Crippen LogP contribution < -0.4 is 5.43 Å². The molecule has 1 N–H and O–H groups in total. The van der Waals surface area contributed by atoms with Gasteiger partial charge in [0.15, 0.2) is 0 Å². The van der Waals surface area contributed by atoms with Gasteiger partial charge >= 0.3 is 0 Å². The van der Waals surface area contributed by atoms with Gasteiger partial charge in [-0.05, 0) is 37.5 Å². The van der Waals surface area contributed by atoms with E-state index in [4.69, 9.17) is 11.6 Å². The fraction of sp³-hybridized carbons (Fsp3) is 0.385. The summed E-state index contributed by atoms with van der Waals surface area (Å²) in [7, 11) is -3.45. The number of nitrogens with one attached hydrogen (secondary N) is 1. The van der Waals surface area contributed by atoms with Crippen molar-refractivity contribution in [3.63, 3.8) is 0 Å². The van der Waals surface area contributed by atoms with Crippen LogP contribution in [-0.2, 0) is 9.84 Å². The van der Waals surface area contributed by atoms with Crippen molar-refractivity contribution in [1.29, 1.82) is 0 Å². The molecule has 1 fully saturated rings. The van der Waals surface area contributed by atoms with Crippen molar-refractivity contribution in [3.05, 3.63) is 40.4 Å². The van der Waals surface area contributed by atoms with Gasteiger partial charge in [-0.15, -0.1) is 0 Å². The molecule has 1 heterocycles. The molecule has 1 aliphatic rings. The SMILES string of the molecule is Cc1ccc(S(=O)(=O)C=CNN2CCCC2)cc1Cl. The Balaban J connectivity index is 2.08. The van der Waals surface area contributed by atoms with E-state index in [1.807, 2.05) is 11.9 Å². The molecule has 0 radical (unpaired) electrons. The Labute approximate surface area is 118 Å². The van der Waals surface area contributed by atoms with E-state index in [1.165, 1.54) is 17.7 Å². The standard InChI is InChI=1S/C13H17ClN2O2S/c1-11-4-5-12(10-13(11)14)19(17,18)9-6-15-16-7-2-3-8-16/h4-6,9-10,15H,2-3,7-8H2,1H3. The molecular weight excluding hydrogens is 284 g/mol. The van der Waals surface area contributed by atoms with Gasteiger partial charge in [0, 0.05) is 24.3 Å². The molecular formula is C13H17ClN2O2S. The molecule has 0 aliphatic carbocycles. The summed E-state index contributed by atoms with van der Waals surface area (Å²) in [5.41, 5.74) is 3.83. The minimum atomic E-state index is -3.45. The molecule has 2 rings (SSSR count). The summed E-state index contributed by atoms with van der Waals surface area (Å²) in [5, 5.41) is 3.63. The fourth-order valence-electron chi connectivity index (χ4n) is 1.90. The quantitative estimate of drug-likeness (QED) is 0.928. The monoisotopic (exact) mass is 300 g/mol. The third-order valence-electron chi connectivity index (χ3n) is 3.08. The minimum absolute atomic E-state index is 0.211. The van der Waals surface area contributed by atoms with Crippen LogP contribution in [0.2, 0.25) is 5.02 Å². The number of hydrazine groups is 1. The molecule has 0 aromatic heterocycles. The van der Waals surface area contributed by atoms with E-state index in [-0.39, 0.29) is 4.90 Å². The first-order valence-electron chi connectivity index (χ1n) is 6.18. The van der Waals surface area contributed by atoms with Gasteiger partial charge in [-0.25, -0.2) is 13.4 Å². The maximum absolute atomic E-state index is 12.1. The first-order chi connectivity index (χ1) is 8.99. The maximum atomic E-state index is 12.1. The zero-order valence-electron chi connectivity index (χ0n) is 10.8. The van der Waals surface area contributed by atoms with Gasteiger partial charge in [0.25, 0.3) is 0 Å². The molecule has 1 aromatic rings. The molecule has 1 aromatic carbocycles. The van der Waals surface area contributed by atoms with Crippen molar-refractivity contribution >= 4 is 21.4 Å². The maximum Gasteiger partial charge on any atom is 0.201 e. The predicted molar refractivity (Wildman–Crippen MR) is 76.5 cm³/mol. The lowest BCUT2D eigenvalue weighted by Crippen LogP contribution is -2.30. The van der Waals surface area contributed by atoms with Gasteiger partial charge in [-0.2, -0.15) is 0 Å². The summed E-state index contributed by atoms with van der Waals surface area (Å²) in [4.78, 5) is 0.211. The second-order valence-corrected chi connectivity index (χ2v) is 6.82. The zero-order valence-corrected chi connectivity index (χ0v) is 12.3. The molecule has 1 saturated heterocycles. The Kier molecular flexibility index (Phi) is 4.50. The van der Waals surface area contributed by atoms with E-state index in [2.05, 4.69) is 5.43 Å². The lowest BCUT2D eigenvalue weighted by atomic mass is 10.2. The number of benzene rings is 1. The Hall–Kier alpha value is -1.04. The molecule has 0 atom stereocenters. The summed E-state index contributed by atoms with van der Waals surface area (Å²) < 4.78 is 24.1. The van der Waals surface area contributed by atoms with Crippen LogP contribution in [0.1, 0.15) is 18.4 Å². The molecule has 19 heavy (non-hydrogen) atoms. The molecule has 0 spiro atoms. The van der Waals surface area contributed by atoms with Gasteiger partial charge in [-0.3, -0.25) is 0 Å². The lowest BCUT2D eigenvalue weighted by Gasteiger charge is -2.13. The highest BCUT2D eigenvalue weighted by molar-refractivity contribution is 7.94. The van der Waals surface area contributed by atoms with Crippen LogP contribution in [0.5, 0.6) is 0 Å². The Morgan fingerprint density at radius 2 is 2.00 bits per heavy atom. The van der Waals surface area contributed by atoms with E-state index < -0.39 is 9.84 Å². The predicted octanol–water partition coefficient (Wildman–Crippen LogP) is 2.49. The molecule has 1 aliphatic heterocycles. The van der Waals surface area contributed by atoms with Crippen molar-refractivity contribution in [2.75, 3.05) is 13.1 Å². The lowest BCUT2D eigenvalue weighted by molar-refractivity contribution is 0.279. The summed E-state index contributed by atoms with van der Waals surface area (Å²) in [6.07, 6.45) is 3.75. The van der Waals surface area contributed by atoms with Crippen LogP contribution in [0.15, 0.2) is 34.7 Å². The second-order valence-electron chi connectivity index (χ2n) is 4.58. The first-order valence-corrected chi connectivity index (χ1v) is 8.10. The van der Waals surface area contributed by atoms with Crippen molar-refractivity contribution < 1.29 is 8.42 Å². The van der Waals surface area contributed by atoms with E-state index in [1.54, 1.807) is 12.1 Å². The summed E-state index contributed by atoms with van der Waals surface area (Å²) in [5.74, 6) is 0. The largest absolute Gasteiger partial charge is 0.325 e. The highest BCUT2D eigenvalue weighted by Gasteiger charge is 2.13. The molecule has 0 unspecified atom stereocenters. The highest BCUT2D eigenvalue weighted by Crippen LogP contribution is 2.21. The van der Waals surface area contributed by atoms with Crippen molar-refractivity contribution in [2.24, 2.45) is 0 Å². The smallest absolute Gasteiger partial charge is 0.201 e. The second kappa shape index (κ2) is 5.94. The van der Waals surface area contributed by atoms with E-state index >= 15 is 0 Å². The zero-order chi connectivity index (χ0) is 13.9. The number of hydrogen-bond acceptors (Lipinski definition) is 4. The number of halogens is 1. The van der Waals surface area contributed by atoms with Gasteiger partial charge in [0.2, 0.25) is 9.84 Å². The summed E-state index contributed by atoms with van der Waals surface area (Å²) in [6.45, 7) is 3.73. The van der Waals surface area contributed by atoms with Gasteiger partial charge in [-0.1, -0.05) is 17.7 Å². The van der Waals surface area contributed by atoms with E-state index in [0.717, 1.165) is 31.5 Å². The molecule has 0 amide bonds. The molecule has 4 nitrogen and oxygen atoms in total. The van der Waals surface area contributed by atoms with Crippen LogP contribution in [0.3, 0.4) is 0 Å². The average molecular weight is 301 g/mol. The van der Waals surface area contributed by atoms with Gasteiger partial charge in [0.1, 0.15) is 0 Å². The molecule has 0 bridgehead atoms.